The molecule has 0 radical (unpaired) electrons. The highest BCUT2D eigenvalue weighted by Gasteiger charge is 2.34. The highest BCUT2D eigenvalue weighted by atomic mass is 79.9. The van der Waals surface area contributed by atoms with Gasteiger partial charge in [-0.3, -0.25) is 0 Å². The number of carbonyl (C=O) groups excluding carboxylic acids is 1. The van der Waals surface area contributed by atoms with Crippen LogP contribution >= 0.6 is 31.9 Å². The highest BCUT2D eigenvalue weighted by Crippen LogP contribution is 2.35. The molecule has 7 heteroatoms. The van der Waals surface area contributed by atoms with E-state index in [0.29, 0.717) is 11.8 Å². The van der Waals surface area contributed by atoms with Gasteiger partial charge in [0, 0.05) is 10.7 Å². The van der Waals surface area contributed by atoms with Crippen LogP contribution in [0.1, 0.15) is 12.8 Å². The Morgan fingerprint density at radius 2 is 2.28 bits per heavy atom. The number of nitrogens with two attached hydrogens (primary N) is 1. The zero-order chi connectivity index (χ0) is 13.1. The lowest BCUT2D eigenvalue weighted by molar-refractivity contribution is 0.0569. The minimum Gasteiger partial charge on any atom is -0.473 e. The Hall–Kier alpha value is -0.820. The molecular formula is C11H12Br2N2O3. The molecule has 2 N–H and O–H groups in total. The molecular weight excluding hydrogens is 368 g/mol. The van der Waals surface area contributed by atoms with Gasteiger partial charge in [-0.05, 0) is 56.7 Å². The zero-order valence-electron chi connectivity index (χ0n) is 9.44. The van der Waals surface area contributed by atoms with Gasteiger partial charge in [0.2, 0.25) is 5.88 Å². The Kier molecular flexibility index (Phi) is 4.45. The number of amides is 1. The molecule has 0 unspecified atom stereocenters. The third-order valence-electron chi connectivity index (χ3n) is 2.57. The quantitative estimate of drug-likeness (QED) is 0.853. The number of rotatable bonds is 5. The Bertz CT molecular complexity index is 452. The number of ether oxygens (including phenoxy) is 2. The number of carbonyl (C=O) groups is 1. The van der Waals surface area contributed by atoms with Crippen molar-refractivity contribution in [3.63, 3.8) is 0 Å². The van der Waals surface area contributed by atoms with E-state index >= 15 is 0 Å². The predicted octanol–water partition coefficient (Wildman–Crippen LogP) is 2.86. The number of primary amides is 1. The minimum atomic E-state index is -0.765. The van der Waals surface area contributed by atoms with Crippen molar-refractivity contribution in [1.29, 1.82) is 0 Å². The van der Waals surface area contributed by atoms with Crippen LogP contribution in [0, 0.1) is 5.92 Å². The molecule has 1 aliphatic rings. The Morgan fingerprint density at radius 1 is 1.56 bits per heavy atom. The van der Waals surface area contributed by atoms with E-state index in [1.165, 1.54) is 0 Å². The van der Waals surface area contributed by atoms with Crippen molar-refractivity contribution < 1.29 is 14.3 Å². The zero-order valence-corrected chi connectivity index (χ0v) is 12.6. The molecule has 1 heterocycles. The summed E-state index contributed by atoms with van der Waals surface area (Å²) in [4.78, 5) is 14.9. The number of nitrogens with zero attached hydrogens (tertiary/aromatic N) is 1. The maximum atomic E-state index is 10.8. The van der Waals surface area contributed by atoms with Gasteiger partial charge in [-0.2, -0.15) is 0 Å². The average Bonchev–Trinajstić information content (AvgIpc) is 3.09. The van der Waals surface area contributed by atoms with Gasteiger partial charge in [0.25, 0.3) is 0 Å². The molecule has 1 saturated carbocycles. The first-order valence-corrected chi connectivity index (χ1v) is 7.05. The minimum absolute atomic E-state index is 0.265. The van der Waals surface area contributed by atoms with Gasteiger partial charge in [-0.25, -0.2) is 9.78 Å². The lowest BCUT2D eigenvalue weighted by Gasteiger charge is -2.16. The molecule has 0 saturated heterocycles. The lowest BCUT2D eigenvalue weighted by atomic mass is 10.2. The lowest BCUT2D eigenvalue weighted by Crippen LogP contribution is -2.30. The molecule has 1 aromatic heterocycles. The van der Waals surface area contributed by atoms with Crippen LogP contribution in [0.3, 0.4) is 0 Å². The van der Waals surface area contributed by atoms with E-state index < -0.39 is 6.09 Å². The molecule has 0 aromatic carbocycles. The molecule has 0 aliphatic heterocycles. The van der Waals surface area contributed by atoms with Gasteiger partial charge in [0.15, 0.2) is 0 Å². The van der Waals surface area contributed by atoms with Crippen LogP contribution in [0.2, 0.25) is 0 Å². The fraction of sp³-hybridized carbons (Fsp3) is 0.455. The van der Waals surface area contributed by atoms with Crippen molar-refractivity contribution in [1.82, 2.24) is 4.98 Å². The summed E-state index contributed by atoms with van der Waals surface area (Å²) in [5.41, 5.74) is 5.03. The number of hydrogen-bond acceptors (Lipinski definition) is 4. The monoisotopic (exact) mass is 378 g/mol. The molecule has 1 aliphatic carbocycles. The number of halogens is 2. The van der Waals surface area contributed by atoms with Crippen molar-refractivity contribution >= 4 is 38.0 Å². The summed E-state index contributed by atoms with van der Waals surface area (Å²) >= 11 is 6.66. The van der Waals surface area contributed by atoms with Crippen LogP contribution in [0.4, 0.5) is 4.79 Å². The van der Waals surface area contributed by atoms with Crippen LogP contribution in [0.25, 0.3) is 0 Å². The largest absolute Gasteiger partial charge is 0.473 e. The van der Waals surface area contributed by atoms with Crippen LogP contribution in [-0.4, -0.2) is 23.8 Å². The summed E-state index contributed by atoms with van der Waals surface area (Å²) < 4.78 is 12.2. The van der Waals surface area contributed by atoms with E-state index in [1.54, 1.807) is 6.20 Å². The van der Waals surface area contributed by atoms with Crippen molar-refractivity contribution in [2.45, 2.75) is 18.9 Å². The average molecular weight is 380 g/mol. The summed E-state index contributed by atoms with van der Waals surface area (Å²) in [6.07, 6.45) is 2.66. The first-order chi connectivity index (χ1) is 8.56. The molecule has 18 heavy (non-hydrogen) atoms. The molecule has 5 nitrogen and oxygen atoms in total. The number of aromatic nitrogens is 1. The second kappa shape index (κ2) is 5.88. The van der Waals surface area contributed by atoms with Gasteiger partial charge in [-0.1, -0.05) is 0 Å². The van der Waals surface area contributed by atoms with E-state index in [0.717, 1.165) is 21.8 Å². The van der Waals surface area contributed by atoms with Crippen LogP contribution in [0.15, 0.2) is 21.2 Å². The van der Waals surface area contributed by atoms with Crippen molar-refractivity contribution in [3.05, 3.63) is 21.2 Å². The summed E-state index contributed by atoms with van der Waals surface area (Å²) in [5, 5.41) is 0. The van der Waals surface area contributed by atoms with Gasteiger partial charge < -0.3 is 15.2 Å². The van der Waals surface area contributed by atoms with E-state index in [4.69, 9.17) is 15.2 Å². The van der Waals surface area contributed by atoms with Crippen LogP contribution in [-0.2, 0) is 4.74 Å². The molecule has 0 spiro atoms. The van der Waals surface area contributed by atoms with Gasteiger partial charge >= 0.3 is 6.09 Å². The van der Waals surface area contributed by atoms with Crippen molar-refractivity contribution in [2.24, 2.45) is 11.7 Å². The maximum absolute atomic E-state index is 10.8. The highest BCUT2D eigenvalue weighted by molar-refractivity contribution is 9.11. The standard InChI is InChI=1S/C11H12Br2N2O3/c12-7-3-8(13)10(15-4-7)17-5-9(6-1-2-6)18-11(14)16/h3-4,6,9H,1-2,5H2,(H2,14,16)/t9-/m1/s1. The predicted molar refractivity (Wildman–Crippen MR) is 72.3 cm³/mol. The maximum Gasteiger partial charge on any atom is 0.404 e. The normalized spacial score (nSPS) is 16.1. The summed E-state index contributed by atoms with van der Waals surface area (Å²) in [5.74, 6) is 0.823. The van der Waals surface area contributed by atoms with Crippen molar-refractivity contribution in [3.8, 4) is 5.88 Å². The summed E-state index contributed by atoms with van der Waals surface area (Å²) in [7, 11) is 0. The van der Waals surface area contributed by atoms with E-state index in [9.17, 15) is 4.79 Å². The Morgan fingerprint density at radius 3 is 2.83 bits per heavy atom. The third kappa shape index (κ3) is 3.84. The van der Waals surface area contributed by atoms with E-state index in [-0.39, 0.29) is 12.7 Å². The molecule has 1 aromatic rings. The fourth-order valence-corrected chi connectivity index (χ4v) is 2.65. The number of hydrogen-bond donors (Lipinski definition) is 1. The molecule has 1 amide bonds. The van der Waals surface area contributed by atoms with Crippen LogP contribution < -0.4 is 10.5 Å². The first kappa shape index (κ1) is 13.6. The Balaban J connectivity index is 1.94. The van der Waals surface area contributed by atoms with Gasteiger partial charge in [-0.15, -0.1) is 0 Å². The summed E-state index contributed by atoms with van der Waals surface area (Å²) in [6.45, 7) is 0.265. The molecule has 1 fully saturated rings. The SMILES string of the molecule is NC(=O)O[C@H](COc1ncc(Br)cc1Br)C1CC1. The Labute approximate surface area is 121 Å². The van der Waals surface area contributed by atoms with Gasteiger partial charge in [0.05, 0.1) is 4.47 Å². The van der Waals surface area contributed by atoms with Crippen LogP contribution in [0.5, 0.6) is 5.88 Å². The first-order valence-electron chi connectivity index (χ1n) is 5.46. The summed E-state index contributed by atoms with van der Waals surface area (Å²) in [6, 6.07) is 1.84. The molecule has 0 bridgehead atoms. The van der Waals surface area contributed by atoms with E-state index in [1.807, 2.05) is 6.07 Å². The third-order valence-corrected chi connectivity index (χ3v) is 3.58. The smallest absolute Gasteiger partial charge is 0.404 e. The molecule has 98 valence electrons. The fourth-order valence-electron chi connectivity index (χ4n) is 1.55. The molecule has 1 atom stereocenters. The second-order valence-corrected chi connectivity index (χ2v) is 5.83. The number of pyridine rings is 1. The van der Waals surface area contributed by atoms with Gasteiger partial charge in [0.1, 0.15) is 12.7 Å². The van der Waals surface area contributed by atoms with Crippen molar-refractivity contribution in [2.75, 3.05) is 6.61 Å². The second-order valence-electron chi connectivity index (χ2n) is 4.06. The molecule has 2 rings (SSSR count). The van der Waals surface area contributed by atoms with E-state index in [2.05, 4.69) is 36.8 Å². The topological polar surface area (TPSA) is 74.4 Å².